The molecular formula is C9H12N4O3. The molecule has 7 heteroatoms. The monoisotopic (exact) mass is 224 g/mol. The lowest BCUT2D eigenvalue weighted by Crippen LogP contribution is -2.22. The molecule has 1 aromatic rings. The number of methoxy groups -OCH3 is 1. The van der Waals surface area contributed by atoms with Crippen LogP contribution in [0.4, 0.5) is 0 Å². The van der Waals surface area contributed by atoms with Crippen molar-refractivity contribution in [3.05, 3.63) is 34.5 Å². The molecule has 86 valence electrons. The van der Waals surface area contributed by atoms with Gasteiger partial charge in [-0.05, 0) is 17.7 Å². The lowest BCUT2D eigenvalue weighted by atomic mass is 10.1. The molecule has 0 aliphatic heterocycles. The van der Waals surface area contributed by atoms with Gasteiger partial charge in [-0.15, -0.1) is 0 Å². The maximum Gasteiger partial charge on any atom is 0.143 e. The zero-order valence-electron chi connectivity index (χ0n) is 8.69. The van der Waals surface area contributed by atoms with E-state index in [-0.39, 0.29) is 12.2 Å². The molecule has 1 aromatic heterocycles. The number of nitrogens with zero attached hydrogens (tertiary/aromatic N) is 4. The Morgan fingerprint density at radius 1 is 1.62 bits per heavy atom. The number of pyridine rings is 1. The van der Waals surface area contributed by atoms with Crippen molar-refractivity contribution in [3.8, 4) is 5.75 Å². The van der Waals surface area contributed by atoms with Gasteiger partial charge in [0.25, 0.3) is 0 Å². The first-order valence-electron chi connectivity index (χ1n) is 4.56. The number of ether oxygens (including phenoxy) is 1. The minimum absolute atomic E-state index is 0.214. The molecule has 1 rings (SSSR count). The van der Waals surface area contributed by atoms with Crippen molar-refractivity contribution in [2.75, 3.05) is 13.7 Å². The minimum atomic E-state index is -1.25. The quantitative estimate of drug-likeness (QED) is 0.437. The van der Waals surface area contributed by atoms with Crippen molar-refractivity contribution in [1.82, 2.24) is 4.98 Å². The maximum atomic E-state index is 9.75. The van der Waals surface area contributed by atoms with E-state index < -0.39 is 12.2 Å². The molecule has 0 amide bonds. The van der Waals surface area contributed by atoms with Gasteiger partial charge >= 0.3 is 0 Å². The van der Waals surface area contributed by atoms with E-state index in [1.54, 1.807) is 12.1 Å². The number of aromatic nitrogens is 1. The highest BCUT2D eigenvalue weighted by Gasteiger charge is 2.22. The van der Waals surface area contributed by atoms with Crippen molar-refractivity contribution < 1.29 is 14.9 Å². The van der Waals surface area contributed by atoms with Crippen LogP contribution in [0.1, 0.15) is 11.8 Å². The number of hydrogen-bond donors (Lipinski definition) is 2. The first-order chi connectivity index (χ1) is 7.70. The molecule has 0 aliphatic carbocycles. The summed E-state index contributed by atoms with van der Waals surface area (Å²) >= 11 is 0. The fourth-order valence-corrected chi connectivity index (χ4v) is 1.20. The number of aliphatic hydroxyl groups is 2. The second kappa shape index (κ2) is 5.92. The van der Waals surface area contributed by atoms with Gasteiger partial charge < -0.3 is 14.9 Å². The summed E-state index contributed by atoms with van der Waals surface area (Å²) in [6, 6.07) is 3.26. The smallest absolute Gasteiger partial charge is 0.143 e. The predicted molar refractivity (Wildman–Crippen MR) is 55.8 cm³/mol. The number of azide groups is 1. The molecule has 0 saturated carbocycles. The van der Waals surface area contributed by atoms with Crippen molar-refractivity contribution >= 4 is 0 Å². The Hall–Kier alpha value is -1.82. The summed E-state index contributed by atoms with van der Waals surface area (Å²) in [6.45, 7) is -0.225. The number of hydrogen-bond acceptors (Lipinski definition) is 5. The largest absolute Gasteiger partial charge is 0.495 e. The van der Waals surface area contributed by atoms with Gasteiger partial charge in [0.2, 0.25) is 0 Å². The molecule has 0 aromatic carbocycles. The molecule has 0 aliphatic rings. The second-order valence-corrected chi connectivity index (χ2v) is 3.02. The zero-order chi connectivity index (χ0) is 12.0. The molecule has 0 fully saturated rings. The third-order valence-electron chi connectivity index (χ3n) is 2.00. The Labute approximate surface area is 91.9 Å². The summed E-state index contributed by atoms with van der Waals surface area (Å²) in [6.07, 6.45) is -0.984. The van der Waals surface area contributed by atoms with Crippen LogP contribution in [-0.2, 0) is 0 Å². The Morgan fingerprint density at radius 3 is 3.00 bits per heavy atom. The van der Waals surface area contributed by atoms with Gasteiger partial charge in [0, 0.05) is 11.1 Å². The standard InChI is InChI=1S/C9H12N4O3/c1-16-7-3-2-4-11-8(7)9(15)6(14)5-12-13-10/h2-4,6,9,14-15H,5H2,1H3. The van der Waals surface area contributed by atoms with Gasteiger partial charge in [-0.1, -0.05) is 5.11 Å². The lowest BCUT2D eigenvalue weighted by Gasteiger charge is -2.17. The molecule has 0 bridgehead atoms. The van der Waals surface area contributed by atoms with E-state index in [1.165, 1.54) is 13.3 Å². The lowest BCUT2D eigenvalue weighted by molar-refractivity contribution is 0.0202. The number of rotatable bonds is 5. The van der Waals surface area contributed by atoms with Crippen LogP contribution >= 0.6 is 0 Å². The van der Waals surface area contributed by atoms with Gasteiger partial charge in [0.05, 0.1) is 19.8 Å². The van der Waals surface area contributed by atoms with Crippen LogP contribution in [0.2, 0.25) is 0 Å². The van der Waals surface area contributed by atoms with Gasteiger partial charge in [-0.3, -0.25) is 4.98 Å². The van der Waals surface area contributed by atoms with E-state index in [1.807, 2.05) is 0 Å². The fourth-order valence-electron chi connectivity index (χ4n) is 1.20. The van der Waals surface area contributed by atoms with Gasteiger partial charge in [0.1, 0.15) is 17.5 Å². The first-order valence-corrected chi connectivity index (χ1v) is 4.56. The highest BCUT2D eigenvalue weighted by atomic mass is 16.5. The van der Waals surface area contributed by atoms with Crippen LogP contribution in [0.15, 0.2) is 23.4 Å². The van der Waals surface area contributed by atoms with E-state index >= 15 is 0 Å². The molecule has 2 unspecified atom stereocenters. The third-order valence-corrected chi connectivity index (χ3v) is 2.00. The summed E-state index contributed by atoms with van der Waals surface area (Å²) in [4.78, 5) is 6.41. The van der Waals surface area contributed by atoms with Crippen molar-refractivity contribution in [2.45, 2.75) is 12.2 Å². The molecule has 2 atom stereocenters. The third kappa shape index (κ3) is 2.83. The van der Waals surface area contributed by atoms with E-state index in [0.29, 0.717) is 5.75 Å². The zero-order valence-corrected chi connectivity index (χ0v) is 8.69. The van der Waals surface area contributed by atoms with Gasteiger partial charge in [0.15, 0.2) is 0 Å². The van der Waals surface area contributed by atoms with Crippen LogP contribution in [0.25, 0.3) is 10.4 Å². The first kappa shape index (κ1) is 12.3. The molecule has 7 nitrogen and oxygen atoms in total. The van der Waals surface area contributed by atoms with E-state index in [2.05, 4.69) is 15.0 Å². The Morgan fingerprint density at radius 2 is 2.38 bits per heavy atom. The molecule has 0 saturated heterocycles. The van der Waals surface area contributed by atoms with Crippen LogP contribution in [0.5, 0.6) is 5.75 Å². The maximum absolute atomic E-state index is 9.75. The molecule has 0 spiro atoms. The fraction of sp³-hybridized carbons (Fsp3) is 0.444. The van der Waals surface area contributed by atoms with Crippen LogP contribution in [-0.4, -0.2) is 35.0 Å². The molecule has 16 heavy (non-hydrogen) atoms. The topological polar surface area (TPSA) is 111 Å². The molecular weight excluding hydrogens is 212 g/mol. The highest BCUT2D eigenvalue weighted by molar-refractivity contribution is 5.29. The average molecular weight is 224 g/mol. The Balaban J connectivity index is 2.86. The van der Waals surface area contributed by atoms with Crippen LogP contribution in [0, 0.1) is 0 Å². The van der Waals surface area contributed by atoms with Gasteiger partial charge in [-0.25, -0.2) is 0 Å². The summed E-state index contributed by atoms with van der Waals surface area (Å²) in [5, 5.41) is 22.4. The number of aliphatic hydroxyl groups excluding tert-OH is 2. The normalized spacial score (nSPS) is 13.7. The summed E-state index contributed by atoms with van der Waals surface area (Å²) in [5.74, 6) is 0.370. The Bertz CT molecular complexity index is 392. The van der Waals surface area contributed by atoms with Crippen LogP contribution in [0.3, 0.4) is 0 Å². The van der Waals surface area contributed by atoms with E-state index in [0.717, 1.165) is 0 Å². The second-order valence-electron chi connectivity index (χ2n) is 3.02. The van der Waals surface area contributed by atoms with E-state index in [9.17, 15) is 10.2 Å². The van der Waals surface area contributed by atoms with Crippen molar-refractivity contribution in [1.29, 1.82) is 0 Å². The highest BCUT2D eigenvalue weighted by Crippen LogP contribution is 2.24. The minimum Gasteiger partial charge on any atom is -0.495 e. The SMILES string of the molecule is COc1cccnc1C(O)C(O)CN=[N+]=[N-]. The average Bonchev–Trinajstić information content (AvgIpc) is 2.34. The molecule has 2 N–H and O–H groups in total. The van der Waals surface area contributed by atoms with Crippen molar-refractivity contribution in [3.63, 3.8) is 0 Å². The Kier molecular flexibility index (Phi) is 4.53. The molecule has 0 radical (unpaired) electrons. The molecule has 1 heterocycles. The van der Waals surface area contributed by atoms with Crippen molar-refractivity contribution in [2.24, 2.45) is 5.11 Å². The summed E-state index contributed by atoms with van der Waals surface area (Å²) in [7, 11) is 1.44. The summed E-state index contributed by atoms with van der Waals surface area (Å²) in [5.41, 5.74) is 8.31. The van der Waals surface area contributed by atoms with Crippen LogP contribution < -0.4 is 4.74 Å². The van der Waals surface area contributed by atoms with Gasteiger partial charge in [-0.2, -0.15) is 0 Å². The summed E-state index contributed by atoms with van der Waals surface area (Å²) < 4.78 is 4.98. The predicted octanol–water partition coefficient (Wildman–Crippen LogP) is 0.795. The van der Waals surface area contributed by atoms with E-state index in [4.69, 9.17) is 10.3 Å².